The molecule has 2 aromatic carbocycles. The van der Waals surface area contributed by atoms with Crippen LogP contribution in [-0.2, 0) is 19.0 Å². The number of carbonyl (C=O) groups is 1. The van der Waals surface area contributed by atoms with E-state index in [1.807, 2.05) is 32.9 Å². The number of carbonyl (C=O) groups excluding carboxylic acids is 1. The second-order valence-electron chi connectivity index (χ2n) is 13.6. The highest BCUT2D eigenvalue weighted by atomic mass is 16.8. The number of benzene rings is 2. The number of fused-ring (bicyclic) bond motifs is 2. The molecule has 2 N–H and O–H groups in total. The van der Waals surface area contributed by atoms with E-state index >= 15 is 0 Å². The molecular formula is C37H47N7O4. The molecule has 0 unspecified atom stereocenters. The van der Waals surface area contributed by atoms with Gasteiger partial charge in [0.15, 0.2) is 28.9 Å². The van der Waals surface area contributed by atoms with Gasteiger partial charge in [-0.05, 0) is 44.2 Å². The average Bonchev–Trinajstić information content (AvgIpc) is 3.78. The van der Waals surface area contributed by atoms with E-state index in [0.717, 1.165) is 18.9 Å². The fraction of sp³-hybridized carbons (Fsp3) is 0.514. The second kappa shape index (κ2) is 14.2. The van der Waals surface area contributed by atoms with E-state index in [1.165, 1.54) is 43.2 Å². The van der Waals surface area contributed by atoms with Crippen molar-refractivity contribution in [2.24, 2.45) is 5.92 Å². The first-order valence-corrected chi connectivity index (χ1v) is 17.5. The number of ether oxygens (including phenoxy) is 3. The molecule has 0 radical (unpaired) electrons. The molecule has 1 amide bonds. The van der Waals surface area contributed by atoms with Crippen molar-refractivity contribution < 1.29 is 19.0 Å². The summed E-state index contributed by atoms with van der Waals surface area (Å²) < 4.78 is 19.7. The Bertz CT molecular complexity index is 1640. The Balaban J connectivity index is 1.19. The average molecular weight is 654 g/mol. The second-order valence-corrected chi connectivity index (χ2v) is 13.6. The number of aromatic nitrogens is 4. The van der Waals surface area contributed by atoms with Crippen molar-refractivity contribution in [3.63, 3.8) is 0 Å². The summed E-state index contributed by atoms with van der Waals surface area (Å²) in [6.45, 7) is 7.72. The molecule has 0 bridgehead atoms. The zero-order chi connectivity index (χ0) is 33.1. The number of hydrogen-bond donors (Lipinski definition) is 2. The summed E-state index contributed by atoms with van der Waals surface area (Å²) in [4.78, 5) is 28.7. The number of amides is 1. The van der Waals surface area contributed by atoms with Crippen LogP contribution in [0.2, 0.25) is 0 Å². The van der Waals surface area contributed by atoms with Gasteiger partial charge in [-0.2, -0.15) is 9.97 Å². The standard InChI is InChI=1S/C37H47N7O4/c1-4-43(35(45)32-31-29(23-46-32)47-37(2,3)48-31)44-24-40-30-33(41-36(42-34(30)44)38-21-20-25-14-8-5-9-15-25)39-22-28(26-16-10-6-11-17-26)27-18-12-7-13-19-27/h6-7,10-13,16-19,24-25,28-29,31-32H,4-5,8-9,14-15,20-23H2,1-3H3,(H2,38,39,41,42)/t29-,31-,32-/m0/s1. The fourth-order valence-electron chi connectivity index (χ4n) is 7.44. The summed E-state index contributed by atoms with van der Waals surface area (Å²) in [6, 6.07) is 21.0. The van der Waals surface area contributed by atoms with Crippen LogP contribution in [0.3, 0.4) is 0 Å². The van der Waals surface area contributed by atoms with Gasteiger partial charge in [0.2, 0.25) is 5.95 Å². The number of nitrogens with zero attached hydrogens (tertiary/aromatic N) is 5. The molecule has 3 atom stereocenters. The van der Waals surface area contributed by atoms with E-state index in [0.29, 0.717) is 42.6 Å². The summed E-state index contributed by atoms with van der Waals surface area (Å²) in [5.41, 5.74) is 3.54. The van der Waals surface area contributed by atoms with Crippen molar-refractivity contribution >= 4 is 28.8 Å². The molecule has 4 heterocycles. The minimum atomic E-state index is -0.792. The number of hydrogen-bond acceptors (Lipinski definition) is 9. The zero-order valence-electron chi connectivity index (χ0n) is 28.2. The van der Waals surface area contributed by atoms with E-state index in [4.69, 9.17) is 29.2 Å². The Hall–Kier alpha value is -4.06. The monoisotopic (exact) mass is 653 g/mol. The van der Waals surface area contributed by atoms with Gasteiger partial charge in [-0.15, -0.1) is 0 Å². The molecule has 2 saturated heterocycles. The van der Waals surface area contributed by atoms with Crippen LogP contribution >= 0.6 is 0 Å². The minimum absolute atomic E-state index is 0.0845. The first-order chi connectivity index (χ1) is 23.4. The van der Waals surface area contributed by atoms with E-state index in [2.05, 4.69) is 59.2 Å². The van der Waals surface area contributed by atoms with Gasteiger partial charge in [-0.1, -0.05) is 92.8 Å². The maximum atomic E-state index is 14.1. The Labute approximate surface area is 282 Å². The third-order valence-corrected chi connectivity index (χ3v) is 9.83. The highest BCUT2D eigenvalue weighted by Crippen LogP contribution is 2.36. The predicted molar refractivity (Wildman–Crippen MR) is 186 cm³/mol. The molecular weight excluding hydrogens is 606 g/mol. The van der Waals surface area contributed by atoms with Crippen LogP contribution in [0, 0.1) is 5.92 Å². The zero-order valence-corrected chi connectivity index (χ0v) is 28.2. The largest absolute Gasteiger partial charge is 0.367 e. The van der Waals surface area contributed by atoms with Crippen LogP contribution in [0.1, 0.15) is 76.3 Å². The van der Waals surface area contributed by atoms with E-state index in [-0.39, 0.29) is 17.9 Å². The third-order valence-electron chi connectivity index (χ3n) is 9.83. The molecule has 0 spiro atoms. The molecule has 1 aliphatic carbocycles. The van der Waals surface area contributed by atoms with Crippen LogP contribution in [0.25, 0.3) is 11.2 Å². The molecule has 11 heteroatoms. The van der Waals surface area contributed by atoms with Gasteiger partial charge >= 0.3 is 0 Å². The van der Waals surface area contributed by atoms with Crippen LogP contribution in [0.5, 0.6) is 0 Å². The van der Waals surface area contributed by atoms with E-state index < -0.39 is 18.0 Å². The van der Waals surface area contributed by atoms with Crippen molar-refractivity contribution in [1.29, 1.82) is 0 Å². The summed E-state index contributed by atoms with van der Waals surface area (Å²) in [5.74, 6) is 0.949. The lowest BCUT2D eigenvalue weighted by Crippen LogP contribution is -2.50. The Morgan fingerprint density at radius 3 is 2.38 bits per heavy atom. The highest BCUT2D eigenvalue weighted by molar-refractivity contribution is 5.93. The van der Waals surface area contributed by atoms with Gasteiger partial charge in [-0.3, -0.25) is 4.79 Å². The van der Waals surface area contributed by atoms with Crippen molar-refractivity contribution in [3.8, 4) is 0 Å². The van der Waals surface area contributed by atoms with Gasteiger partial charge in [-0.25, -0.2) is 14.7 Å². The maximum absolute atomic E-state index is 14.1. The number of rotatable bonds is 12. The lowest BCUT2D eigenvalue weighted by Gasteiger charge is -2.27. The lowest BCUT2D eigenvalue weighted by atomic mass is 9.87. The topological polar surface area (TPSA) is 116 Å². The summed E-state index contributed by atoms with van der Waals surface area (Å²) in [6.07, 6.45) is 7.70. The molecule has 2 aliphatic heterocycles. The van der Waals surface area contributed by atoms with Gasteiger partial charge in [0, 0.05) is 25.6 Å². The summed E-state index contributed by atoms with van der Waals surface area (Å²) in [7, 11) is 0. The smallest absolute Gasteiger partial charge is 0.273 e. The number of nitrogens with one attached hydrogen (secondary N) is 2. The number of likely N-dealkylation sites (N-methyl/N-ethyl adjacent to an activating group) is 1. The molecule has 2 aromatic heterocycles. The summed E-state index contributed by atoms with van der Waals surface area (Å²) >= 11 is 0. The molecule has 3 fully saturated rings. The van der Waals surface area contributed by atoms with Crippen molar-refractivity contribution in [2.75, 3.05) is 41.9 Å². The maximum Gasteiger partial charge on any atom is 0.273 e. The Kier molecular flexibility index (Phi) is 9.61. The first kappa shape index (κ1) is 32.5. The Morgan fingerprint density at radius 1 is 0.979 bits per heavy atom. The lowest BCUT2D eigenvalue weighted by molar-refractivity contribution is -0.177. The number of anilines is 2. The Morgan fingerprint density at radius 2 is 1.69 bits per heavy atom. The normalized spacial score (nSPS) is 22.2. The van der Waals surface area contributed by atoms with Crippen LogP contribution < -0.4 is 15.6 Å². The minimum Gasteiger partial charge on any atom is -0.367 e. The van der Waals surface area contributed by atoms with Crippen molar-refractivity contribution in [3.05, 3.63) is 78.1 Å². The van der Waals surface area contributed by atoms with Crippen LogP contribution in [0.15, 0.2) is 67.0 Å². The van der Waals surface area contributed by atoms with Gasteiger partial charge < -0.3 is 24.8 Å². The van der Waals surface area contributed by atoms with Crippen LogP contribution in [0.4, 0.5) is 11.8 Å². The molecule has 4 aromatic rings. The van der Waals surface area contributed by atoms with Gasteiger partial charge in [0.1, 0.15) is 18.5 Å². The van der Waals surface area contributed by atoms with Gasteiger partial charge in [0.05, 0.1) is 6.61 Å². The number of imidazole rings is 1. The third kappa shape index (κ3) is 6.90. The molecule has 48 heavy (non-hydrogen) atoms. The van der Waals surface area contributed by atoms with E-state index in [9.17, 15) is 4.79 Å². The molecule has 7 rings (SSSR count). The van der Waals surface area contributed by atoms with Crippen molar-refractivity contribution in [2.45, 2.75) is 89.3 Å². The predicted octanol–water partition coefficient (Wildman–Crippen LogP) is 5.86. The van der Waals surface area contributed by atoms with Gasteiger partial charge in [0.25, 0.3) is 5.91 Å². The quantitative estimate of drug-likeness (QED) is 0.194. The molecule has 11 nitrogen and oxygen atoms in total. The van der Waals surface area contributed by atoms with E-state index in [1.54, 1.807) is 16.0 Å². The fourth-order valence-corrected chi connectivity index (χ4v) is 7.44. The van der Waals surface area contributed by atoms with Crippen LogP contribution in [-0.4, -0.2) is 75.9 Å². The van der Waals surface area contributed by atoms with Crippen molar-refractivity contribution in [1.82, 2.24) is 19.6 Å². The first-order valence-electron chi connectivity index (χ1n) is 17.5. The SMILES string of the molecule is CCN(C(=O)[C@H]1OC[C@@H]2OC(C)(C)O[C@@H]21)n1cnc2c(NCC(c3ccccc3)c3ccccc3)nc(NCCC3CCCCC3)nc21. The molecule has 3 aliphatic rings. The highest BCUT2D eigenvalue weighted by Gasteiger charge is 2.53. The molecule has 254 valence electrons. The summed E-state index contributed by atoms with van der Waals surface area (Å²) in [5, 5.41) is 8.75. The molecule has 1 saturated carbocycles.